The number of rotatable bonds is 7. The van der Waals surface area contributed by atoms with Crippen LogP contribution in [0.2, 0.25) is 0 Å². The zero-order valence-electron chi connectivity index (χ0n) is 11.9. The van der Waals surface area contributed by atoms with E-state index in [1.165, 1.54) is 16.9 Å². The van der Waals surface area contributed by atoms with Crippen LogP contribution in [0.5, 0.6) is 11.5 Å². The Kier molecular flexibility index (Phi) is 5.34. The minimum Gasteiger partial charge on any atom is -0.492 e. The first-order valence-electron chi connectivity index (χ1n) is 6.78. The lowest BCUT2D eigenvalue weighted by Crippen LogP contribution is -2.27. The maximum Gasteiger partial charge on any atom is 0.270 e. The Bertz CT molecular complexity index is 611. The number of ether oxygens (including phenoxy) is 2. The predicted octanol–water partition coefficient (Wildman–Crippen LogP) is 1.05. The van der Waals surface area contributed by atoms with E-state index in [-0.39, 0.29) is 11.6 Å². The lowest BCUT2D eigenvalue weighted by molar-refractivity contribution is 0.279. The van der Waals surface area contributed by atoms with Crippen LogP contribution in [0.15, 0.2) is 47.4 Å². The van der Waals surface area contributed by atoms with Gasteiger partial charge in [0.2, 0.25) is 0 Å². The van der Waals surface area contributed by atoms with Gasteiger partial charge in [-0.15, -0.1) is 0 Å². The fourth-order valence-corrected chi connectivity index (χ4v) is 1.66. The van der Waals surface area contributed by atoms with Crippen molar-refractivity contribution in [3.05, 3.63) is 52.9 Å². The largest absolute Gasteiger partial charge is 0.492 e. The molecule has 6 nitrogen and oxygen atoms in total. The molecular formula is C15H19N3O3. The molecule has 1 aromatic carbocycles. The highest BCUT2D eigenvalue weighted by molar-refractivity contribution is 5.20. The molecule has 0 radical (unpaired) electrons. The van der Waals surface area contributed by atoms with Gasteiger partial charge in [-0.05, 0) is 19.1 Å². The molecule has 0 aliphatic carbocycles. The van der Waals surface area contributed by atoms with Crippen LogP contribution >= 0.6 is 0 Å². The van der Waals surface area contributed by atoms with E-state index in [2.05, 4.69) is 5.10 Å². The first-order chi connectivity index (χ1) is 10.1. The Labute approximate surface area is 123 Å². The second-order valence-electron chi connectivity index (χ2n) is 4.70. The number of aromatic nitrogens is 2. The van der Waals surface area contributed by atoms with Crippen LogP contribution in [0, 0.1) is 0 Å². The Morgan fingerprint density at radius 1 is 1.24 bits per heavy atom. The summed E-state index contributed by atoms with van der Waals surface area (Å²) in [5.74, 6) is 1.19. The molecule has 1 unspecified atom stereocenters. The van der Waals surface area contributed by atoms with E-state index in [1.54, 1.807) is 0 Å². The number of hydrogen-bond acceptors (Lipinski definition) is 5. The highest BCUT2D eigenvalue weighted by Gasteiger charge is 2.03. The average Bonchev–Trinajstić information content (AvgIpc) is 2.48. The van der Waals surface area contributed by atoms with Crippen LogP contribution in [0.3, 0.4) is 0 Å². The standard InChI is InChI=1S/C15H19N3O3/c1-12(16)11-21-14-9-15(19)18(17-10-14)7-8-20-13-5-3-2-4-6-13/h2-6,9-10,12H,7-8,11,16H2,1H3. The summed E-state index contributed by atoms with van der Waals surface area (Å²) in [7, 11) is 0. The molecule has 0 aliphatic heterocycles. The van der Waals surface area contributed by atoms with E-state index in [0.717, 1.165) is 5.75 Å². The molecule has 0 fully saturated rings. The van der Waals surface area contributed by atoms with Crippen molar-refractivity contribution < 1.29 is 9.47 Å². The maximum atomic E-state index is 11.9. The van der Waals surface area contributed by atoms with Crippen LogP contribution in [-0.4, -0.2) is 29.0 Å². The summed E-state index contributed by atoms with van der Waals surface area (Å²) in [6.45, 7) is 2.93. The predicted molar refractivity (Wildman–Crippen MR) is 79.6 cm³/mol. The second kappa shape index (κ2) is 7.44. The third-order valence-corrected chi connectivity index (χ3v) is 2.67. The van der Waals surface area contributed by atoms with Gasteiger partial charge in [0.15, 0.2) is 0 Å². The molecule has 0 saturated heterocycles. The lowest BCUT2D eigenvalue weighted by atomic mass is 10.3. The van der Waals surface area contributed by atoms with Crippen LogP contribution < -0.4 is 20.8 Å². The molecule has 2 N–H and O–H groups in total. The van der Waals surface area contributed by atoms with Crippen molar-refractivity contribution in [3.63, 3.8) is 0 Å². The van der Waals surface area contributed by atoms with E-state index < -0.39 is 0 Å². The number of nitrogens with two attached hydrogens (primary N) is 1. The molecule has 0 bridgehead atoms. The Morgan fingerprint density at radius 3 is 2.67 bits per heavy atom. The molecule has 0 saturated carbocycles. The summed E-state index contributed by atoms with van der Waals surface area (Å²) < 4.78 is 12.2. The summed E-state index contributed by atoms with van der Waals surface area (Å²) >= 11 is 0. The van der Waals surface area contributed by atoms with E-state index in [9.17, 15) is 4.79 Å². The fourth-order valence-electron chi connectivity index (χ4n) is 1.66. The lowest BCUT2D eigenvalue weighted by Gasteiger charge is -2.10. The summed E-state index contributed by atoms with van der Waals surface area (Å²) in [6.07, 6.45) is 1.51. The van der Waals surface area contributed by atoms with Crippen LogP contribution in [-0.2, 0) is 6.54 Å². The Hall–Kier alpha value is -2.34. The highest BCUT2D eigenvalue weighted by atomic mass is 16.5. The summed E-state index contributed by atoms with van der Waals surface area (Å²) in [5.41, 5.74) is 5.36. The van der Waals surface area contributed by atoms with Gasteiger partial charge < -0.3 is 15.2 Å². The van der Waals surface area contributed by atoms with Crippen molar-refractivity contribution in [1.29, 1.82) is 0 Å². The molecular weight excluding hydrogens is 270 g/mol. The van der Waals surface area contributed by atoms with Crippen molar-refractivity contribution in [2.24, 2.45) is 5.73 Å². The SMILES string of the molecule is CC(N)COc1cnn(CCOc2ccccc2)c(=O)c1. The normalized spacial score (nSPS) is 11.9. The van der Waals surface area contributed by atoms with Crippen molar-refractivity contribution in [2.75, 3.05) is 13.2 Å². The highest BCUT2D eigenvalue weighted by Crippen LogP contribution is 2.08. The van der Waals surface area contributed by atoms with Gasteiger partial charge in [0.25, 0.3) is 5.56 Å². The molecule has 1 heterocycles. The molecule has 112 valence electrons. The van der Waals surface area contributed by atoms with Crippen LogP contribution in [0.4, 0.5) is 0 Å². The van der Waals surface area contributed by atoms with Crippen molar-refractivity contribution >= 4 is 0 Å². The van der Waals surface area contributed by atoms with Gasteiger partial charge in [0, 0.05) is 12.1 Å². The molecule has 2 aromatic rings. The third-order valence-electron chi connectivity index (χ3n) is 2.67. The fraction of sp³-hybridized carbons (Fsp3) is 0.333. The summed E-state index contributed by atoms with van der Waals surface area (Å²) in [5, 5.41) is 4.05. The Balaban J connectivity index is 1.87. The first-order valence-corrected chi connectivity index (χ1v) is 6.78. The minimum absolute atomic E-state index is 0.0910. The van der Waals surface area contributed by atoms with Crippen molar-refractivity contribution in [3.8, 4) is 11.5 Å². The monoisotopic (exact) mass is 289 g/mol. The maximum absolute atomic E-state index is 11.9. The van der Waals surface area contributed by atoms with Gasteiger partial charge in [0.1, 0.15) is 24.7 Å². The number of benzene rings is 1. The van der Waals surface area contributed by atoms with Crippen LogP contribution in [0.1, 0.15) is 6.92 Å². The van der Waals surface area contributed by atoms with Gasteiger partial charge in [-0.3, -0.25) is 4.79 Å². The number of para-hydroxylation sites is 1. The van der Waals surface area contributed by atoms with Gasteiger partial charge >= 0.3 is 0 Å². The van der Waals surface area contributed by atoms with E-state index in [0.29, 0.717) is 25.5 Å². The average molecular weight is 289 g/mol. The topological polar surface area (TPSA) is 79.4 Å². The quantitative estimate of drug-likeness (QED) is 0.824. The van der Waals surface area contributed by atoms with E-state index in [1.807, 2.05) is 37.3 Å². The molecule has 1 atom stereocenters. The third kappa shape index (κ3) is 4.92. The first kappa shape index (κ1) is 15.1. The molecule has 0 amide bonds. The van der Waals surface area contributed by atoms with Crippen LogP contribution in [0.25, 0.3) is 0 Å². The smallest absolute Gasteiger partial charge is 0.270 e. The van der Waals surface area contributed by atoms with E-state index >= 15 is 0 Å². The summed E-state index contributed by atoms with van der Waals surface area (Å²) in [6, 6.07) is 10.7. The van der Waals surface area contributed by atoms with Gasteiger partial charge in [-0.25, -0.2) is 4.68 Å². The number of nitrogens with zero attached hydrogens (tertiary/aromatic N) is 2. The van der Waals surface area contributed by atoms with Crippen molar-refractivity contribution in [2.45, 2.75) is 19.5 Å². The zero-order valence-corrected chi connectivity index (χ0v) is 11.9. The molecule has 2 rings (SSSR count). The molecule has 6 heteroatoms. The summed E-state index contributed by atoms with van der Waals surface area (Å²) in [4.78, 5) is 11.9. The van der Waals surface area contributed by atoms with Crippen molar-refractivity contribution in [1.82, 2.24) is 9.78 Å². The second-order valence-corrected chi connectivity index (χ2v) is 4.70. The Morgan fingerprint density at radius 2 is 2.00 bits per heavy atom. The molecule has 21 heavy (non-hydrogen) atoms. The molecule has 0 aliphatic rings. The zero-order chi connectivity index (χ0) is 15.1. The van der Waals surface area contributed by atoms with Gasteiger partial charge in [-0.1, -0.05) is 18.2 Å². The van der Waals surface area contributed by atoms with Gasteiger partial charge in [-0.2, -0.15) is 5.10 Å². The van der Waals surface area contributed by atoms with E-state index in [4.69, 9.17) is 15.2 Å². The minimum atomic E-state index is -0.228. The van der Waals surface area contributed by atoms with Gasteiger partial charge in [0.05, 0.1) is 12.7 Å². The number of hydrogen-bond donors (Lipinski definition) is 1. The molecule has 1 aromatic heterocycles. The molecule has 0 spiro atoms.